The van der Waals surface area contributed by atoms with Crippen LogP contribution in [0.4, 0.5) is 0 Å². The fraction of sp³-hybridized carbons (Fsp3) is 0.182. The molecule has 2 aromatic rings. The van der Waals surface area contributed by atoms with Gasteiger partial charge in [0.05, 0.1) is 5.38 Å². The zero-order chi connectivity index (χ0) is 9.10. The molecule has 14 heavy (non-hydrogen) atoms. The molecule has 74 valence electrons. The second kappa shape index (κ2) is 5.27. The number of hydrogen-bond acceptors (Lipinski definition) is 1. The average molecular weight is 270 g/mol. The molecule has 0 atom stereocenters. The molecule has 1 aromatic carbocycles. The summed E-state index contributed by atoms with van der Waals surface area (Å²) in [6.45, 7) is 3.13. The monoisotopic (exact) mass is 269 g/mol. The zero-order valence-corrected chi connectivity index (χ0v) is 10.4. The standard InChI is InChI=1S/C11H12NS.BrH/c1-10-12(7-8-13-10)9-11-5-3-2-4-6-11;/h2-8H,9H2,1H3;1H/q+1;/p-1. The van der Waals surface area contributed by atoms with Crippen molar-refractivity contribution in [3.8, 4) is 0 Å². The Kier molecular flexibility index (Phi) is 4.29. The molecule has 0 aliphatic carbocycles. The van der Waals surface area contributed by atoms with Gasteiger partial charge in [-0.2, -0.15) is 4.57 Å². The van der Waals surface area contributed by atoms with Crippen LogP contribution in [0.2, 0.25) is 0 Å². The van der Waals surface area contributed by atoms with E-state index in [9.17, 15) is 0 Å². The van der Waals surface area contributed by atoms with E-state index < -0.39 is 0 Å². The van der Waals surface area contributed by atoms with Crippen molar-refractivity contribution in [3.05, 3.63) is 52.5 Å². The van der Waals surface area contributed by atoms with E-state index in [1.165, 1.54) is 10.6 Å². The van der Waals surface area contributed by atoms with Crippen molar-refractivity contribution in [1.29, 1.82) is 0 Å². The quantitative estimate of drug-likeness (QED) is 0.641. The first kappa shape index (κ1) is 11.4. The van der Waals surface area contributed by atoms with Gasteiger partial charge in [-0.05, 0) is 0 Å². The summed E-state index contributed by atoms with van der Waals surface area (Å²) < 4.78 is 2.26. The van der Waals surface area contributed by atoms with Gasteiger partial charge < -0.3 is 17.0 Å². The first-order valence-electron chi connectivity index (χ1n) is 4.34. The third-order valence-corrected chi connectivity index (χ3v) is 2.91. The lowest BCUT2D eigenvalue weighted by atomic mass is 10.2. The Morgan fingerprint density at radius 2 is 1.93 bits per heavy atom. The van der Waals surface area contributed by atoms with Crippen LogP contribution in [0.5, 0.6) is 0 Å². The third kappa shape index (κ3) is 2.66. The first-order valence-corrected chi connectivity index (χ1v) is 5.22. The first-order chi connectivity index (χ1) is 6.36. The number of aryl methyl sites for hydroxylation is 1. The summed E-state index contributed by atoms with van der Waals surface area (Å²) in [5.41, 5.74) is 1.36. The van der Waals surface area contributed by atoms with Gasteiger partial charge in [0.25, 0.3) is 0 Å². The minimum absolute atomic E-state index is 0. The Labute approximate surface area is 98.8 Å². The van der Waals surface area contributed by atoms with Gasteiger partial charge in [-0.25, -0.2) is 0 Å². The van der Waals surface area contributed by atoms with Crippen molar-refractivity contribution in [2.45, 2.75) is 13.5 Å². The van der Waals surface area contributed by atoms with Crippen LogP contribution in [0.1, 0.15) is 10.6 Å². The van der Waals surface area contributed by atoms with Gasteiger partial charge in [0.2, 0.25) is 5.01 Å². The van der Waals surface area contributed by atoms with Crippen LogP contribution in [0.15, 0.2) is 41.9 Å². The van der Waals surface area contributed by atoms with Crippen LogP contribution in [0.3, 0.4) is 0 Å². The zero-order valence-electron chi connectivity index (χ0n) is 7.98. The minimum atomic E-state index is 0. The second-order valence-corrected chi connectivity index (χ2v) is 4.13. The lowest BCUT2D eigenvalue weighted by molar-refractivity contribution is -0.689. The lowest BCUT2D eigenvalue weighted by Crippen LogP contribution is -3.00. The molecule has 0 saturated heterocycles. The largest absolute Gasteiger partial charge is 1.00 e. The van der Waals surface area contributed by atoms with Crippen LogP contribution < -0.4 is 21.5 Å². The molecule has 0 fully saturated rings. The molecule has 3 heteroatoms. The van der Waals surface area contributed by atoms with Gasteiger partial charge in [-0.3, -0.25) is 0 Å². The Morgan fingerprint density at radius 3 is 2.50 bits per heavy atom. The number of rotatable bonds is 2. The van der Waals surface area contributed by atoms with Crippen molar-refractivity contribution >= 4 is 11.3 Å². The van der Waals surface area contributed by atoms with Crippen LogP contribution >= 0.6 is 11.3 Å². The van der Waals surface area contributed by atoms with Gasteiger partial charge in [0.1, 0.15) is 0 Å². The molecule has 1 nitrogen and oxygen atoms in total. The third-order valence-electron chi connectivity index (χ3n) is 2.08. The van der Waals surface area contributed by atoms with E-state index in [-0.39, 0.29) is 17.0 Å². The Morgan fingerprint density at radius 1 is 1.21 bits per heavy atom. The molecule has 1 aromatic heterocycles. The Bertz CT molecular complexity index is 383. The van der Waals surface area contributed by atoms with Gasteiger partial charge in [-0.15, -0.1) is 0 Å². The van der Waals surface area contributed by atoms with Crippen LogP contribution in [-0.4, -0.2) is 0 Å². The van der Waals surface area contributed by atoms with E-state index in [1.807, 2.05) is 0 Å². The SMILES string of the molecule is Cc1scc[n+]1Cc1ccccc1.[Br-]. The maximum Gasteiger partial charge on any atom is 0.234 e. The normalized spacial score (nSPS) is 9.50. The second-order valence-electron chi connectivity index (χ2n) is 3.04. The molecule has 2 rings (SSSR count). The van der Waals surface area contributed by atoms with E-state index in [2.05, 4.69) is 53.4 Å². The lowest BCUT2D eigenvalue weighted by Gasteiger charge is -1.94. The Hall–Kier alpha value is -0.670. The van der Waals surface area contributed by atoms with E-state index in [1.54, 1.807) is 11.3 Å². The predicted molar refractivity (Wildman–Crippen MR) is 54.8 cm³/mol. The maximum absolute atomic E-state index is 2.26. The summed E-state index contributed by atoms with van der Waals surface area (Å²) in [4.78, 5) is 0. The number of halogens is 1. The maximum atomic E-state index is 2.26. The highest BCUT2D eigenvalue weighted by Crippen LogP contribution is 2.02. The Balaban J connectivity index is 0.000000980. The van der Waals surface area contributed by atoms with Gasteiger partial charge in [-0.1, -0.05) is 41.7 Å². The molecule has 0 amide bonds. The van der Waals surface area contributed by atoms with Crippen LogP contribution in [0, 0.1) is 6.92 Å². The molecule has 0 spiro atoms. The average Bonchev–Trinajstić information content (AvgIpc) is 2.54. The summed E-state index contributed by atoms with van der Waals surface area (Å²) in [6.07, 6.45) is 2.13. The van der Waals surface area contributed by atoms with Gasteiger partial charge >= 0.3 is 0 Å². The molecule has 0 aliphatic rings. The summed E-state index contributed by atoms with van der Waals surface area (Å²) in [7, 11) is 0. The van der Waals surface area contributed by atoms with Gasteiger partial charge in [0.15, 0.2) is 12.7 Å². The van der Waals surface area contributed by atoms with Crippen LogP contribution in [-0.2, 0) is 6.54 Å². The predicted octanol–water partition coefficient (Wildman–Crippen LogP) is -0.604. The molecule has 0 radical (unpaired) electrons. The molecular weight excluding hydrogens is 258 g/mol. The van der Waals surface area contributed by atoms with E-state index in [0.717, 1.165) is 6.54 Å². The van der Waals surface area contributed by atoms with Gasteiger partial charge in [0, 0.05) is 12.5 Å². The fourth-order valence-electron chi connectivity index (χ4n) is 1.32. The van der Waals surface area contributed by atoms with Crippen molar-refractivity contribution in [2.24, 2.45) is 0 Å². The number of benzene rings is 1. The van der Waals surface area contributed by atoms with E-state index >= 15 is 0 Å². The summed E-state index contributed by atoms with van der Waals surface area (Å²) in [5.74, 6) is 0. The number of thiazole rings is 1. The highest BCUT2D eigenvalue weighted by atomic mass is 79.9. The van der Waals surface area contributed by atoms with E-state index in [0.29, 0.717) is 0 Å². The molecule has 0 aliphatic heterocycles. The smallest absolute Gasteiger partial charge is 0.234 e. The number of hydrogen-bond donors (Lipinski definition) is 0. The highest BCUT2D eigenvalue weighted by molar-refractivity contribution is 7.09. The summed E-state index contributed by atoms with van der Waals surface area (Å²) in [5, 5.41) is 3.47. The minimum Gasteiger partial charge on any atom is -1.00 e. The van der Waals surface area contributed by atoms with E-state index in [4.69, 9.17) is 0 Å². The van der Waals surface area contributed by atoms with Crippen molar-refractivity contribution in [1.82, 2.24) is 0 Å². The fourth-order valence-corrected chi connectivity index (χ4v) is 1.98. The number of nitrogens with zero attached hydrogens (tertiary/aromatic N) is 1. The summed E-state index contributed by atoms with van der Waals surface area (Å²) >= 11 is 1.79. The van der Waals surface area contributed by atoms with Crippen LogP contribution in [0.25, 0.3) is 0 Å². The molecule has 0 saturated carbocycles. The molecule has 0 unspecified atom stereocenters. The van der Waals surface area contributed by atoms with Crippen molar-refractivity contribution in [3.63, 3.8) is 0 Å². The molecule has 0 N–H and O–H groups in total. The van der Waals surface area contributed by atoms with Crippen molar-refractivity contribution in [2.75, 3.05) is 0 Å². The topological polar surface area (TPSA) is 3.88 Å². The number of aromatic nitrogens is 1. The summed E-state index contributed by atoms with van der Waals surface area (Å²) in [6, 6.07) is 10.5. The molecule has 1 heterocycles. The van der Waals surface area contributed by atoms with Crippen molar-refractivity contribution < 1.29 is 21.5 Å². The molecule has 0 bridgehead atoms. The highest BCUT2D eigenvalue weighted by Gasteiger charge is 2.06. The molecular formula is C11H12BrNS.